The third-order valence-electron chi connectivity index (χ3n) is 2.97. The van der Waals surface area contributed by atoms with Crippen LogP contribution in [0.2, 0.25) is 0 Å². The fourth-order valence-electron chi connectivity index (χ4n) is 2.23. The predicted molar refractivity (Wildman–Crippen MR) is 78.0 cm³/mol. The molecule has 0 aliphatic heterocycles. The lowest BCUT2D eigenvalue weighted by Crippen LogP contribution is -2.10. The van der Waals surface area contributed by atoms with Crippen molar-refractivity contribution in [3.63, 3.8) is 0 Å². The first-order valence-electron chi connectivity index (χ1n) is 6.12. The monoisotopic (exact) mass is 338 g/mol. The van der Waals surface area contributed by atoms with Crippen LogP contribution >= 0.6 is 15.9 Å². The number of hydrogen-bond acceptors (Lipinski definition) is 1. The molecule has 0 N–H and O–H groups in total. The summed E-state index contributed by atoms with van der Waals surface area (Å²) >= 11 is 2.96. The van der Waals surface area contributed by atoms with Gasteiger partial charge in [0.15, 0.2) is 11.6 Å². The molecule has 104 valence electrons. The second kappa shape index (κ2) is 5.83. The van der Waals surface area contributed by atoms with E-state index in [9.17, 15) is 13.6 Å². The molecular weight excluding hydrogens is 326 g/mol. The Kier molecular flexibility index (Phi) is 4.33. The van der Waals surface area contributed by atoms with E-state index < -0.39 is 23.0 Å². The van der Waals surface area contributed by atoms with Crippen LogP contribution in [0.25, 0.3) is 0 Å². The number of Topliss-reactive ketones (excluding diaryl/α,β-unsaturated/α-hetero) is 1. The van der Waals surface area contributed by atoms with E-state index in [2.05, 4.69) is 15.9 Å². The fourth-order valence-corrected chi connectivity index (χ4v) is 2.56. The number of ketones is 1. The number of benzene rings is 2. The topological polar surface area (TPSA) is 17.1 Å². The van der Waals surface area contributed by atoms with Crippen molar-refractivity contribution in [2.24, 2.45) is 0 Å². The van der Waals surface area contributed by atoms with Crippen LogP contribution in [0, 0.1) is 25.5 Å². The summed E-state index contributed by atoms with van der Waals surface area (Å²) in [5.41, 5.74) is 2.30. The van der Waals surface area contributed by atoms with E-state index in [-0.39, 0.29) is 10.9 Å². The van der Waals surface area contributed by atoms with Gasteiger partial charge in [-0.25, -0.2) is 8.78 Å². The second-order valence-corrected chi connectivity index (χ2v) is 5.67. The first-order valence-corrected chi connectivity index (χ1v) is 6.91. The molecule has 1 nitrogen and oxygen atoms in total. The largest absolute Gasteiger partial charge is 0.294 e. The number of halogens is 3. The van der Waals surface area contributed by atoms with Crippen molar-refractivity contribution in [3.05, 3.63) is 68.7 Å². The Morgan fingerprint density at radius 1 is 1.10 bits per heavy atom. The Balaban J connectivity index is 2.35. The summed E-state index contributed by atoms with van der Waals surface area (Å²) in [5, 5.41) is 0. The normalized spacial score (nSPS) is 10.7. The average molecular weight is 339 g/mol. The number of carbonyl (C=O) groups excluding carboxylic acids is 1. The number of hydrogen-bond donors (Lipinski definition) is 0. The summed E-state index contributed by atoms with van der Waals surface area (Å²) < 4.78 is 27.6. The van der Waals surface area contributed by atoms with Gasteiger partial charge >= 0.3 is 0 Å². The summed E-state index contributed by atoms with van der Waals surface area (Å²) in [6.45, 7) is 3.84. The maximum absolute atomic E-state index is 13.9. The van der Waals surface area contributed by atoms with Crippen molar-refractivity contribution in [1.82, 2.24) is 0 Å². The van der Waals surface area contributed by atoms with Crippen molar-refractivity contribution in [1.29, 1.82) is 0 Å². The van der Waals surface area contributed by atoms with Crippen LogP contribution in [0.4, 0.5) is 8.78 Å². The van der Waals surface area contributed by atoms with E-state index in [1.807, 2.05) is 32.0 Å². The van der Waals surface area contributed by atoms with Crippen LogP contribution in [-0.4, -0.2) is 5.78 Å². The Morgan fingerprint density at radius 2 is 1.70 bits per heavy atom. The molecule has 0 radical (unpaired) electrons. The summed E-state index contributed by atoms with van der Waals surface area (Å²) in [6.07, 6.45) is -0.0210. The first-order chi connectivity index (χ1) is 9.38. The number of carbonyl (C=O) groups is 1. The van der Waals surface area contributed by atoms with E-state index in [0.717, 1.165) is 22.8 Å². The molecule has 2 rings (SSSR count). The molecule has 0 spiro atoms. The minimum absolute atomic E-state index is 0.0210. The van der Waals surface area contributed by atoms with Crippen LogP contribution in [-0.2, 0) is 6.42 Å². The quantitative estimate of drug-likeness (QED) is 0.582. The Morgan fingerprint density at radius 3 is 2.30 bits per heavy atom. The van der Waals surface area contributed by atoms with Crippen molar-refractivity contribution < 1.29 is 13.6 Å². The van der Waals surface area contributed by atoms with E-state index in [1.165, 1.54) is 6.07 Å². The van der Waals surface area contributed by atoms with E-state index in [4.69, 9.17) is 0 Å². The van der Waals surface area contributed by atoms with Gasteiger partial charge in [-0.3, -0.25) is 4.79 Å². The van der Waals surface area contributed by atoms with Gasteiger partial charge in [0.2, 0.25) is 0 Å². The van der Waals surface area contributed by atoms with Crippen LogP contribution in [0.3, 0.4) is 0 Å². The molecule has 2 aromatic rings. The zero-order valence-corrected chi connectivity index (χ0v) is 12.7. The third kappa shape index (κ3) is 3.12. The van der Waals surface area contributed by atoms with Crippen molar-refractivity contribution in [2.75, 3.05) is 0 Å². The second-order valence-electron chi connectivity index (χ2n) is 4.81. The zero-order valence-electron chi connectivity index (χ0n) is 11.1. The maximum Gasteiger partial charge on any atom is 0.173 e. The van der Waals surface area contributed by atoms with Crippen LogP contribution in [0.1, 0.15) is 27.0 Å². The summed E-state index contributed by atoms with van der Waals surface area (Å²) in [4.78, 5) is 12.1. The van der Waals surface area contributed by atoms with Crippen molar-refractivity contribution >= 4 is 21.7 Å². The molecule has 0 fully saturated rings. The molecule has 0 heterocycles. The van der Waals surface area contributed by atoms with E-state index >= 15 is 0 Å². The molecular formula is C16H13BrF2O. The molecule has 0 unspecified atom stereocenters. The summed E-state index contributed by atoms with van der Waals surface area (Å²) in [5.74, 6) is -2.24. The average Bonchev–Trinajstić information content (AvgIpc) is 2.33. The fraction of sp³-hybridized carbons (Fsp3) is 0.188. The molecule has 0 amide bonds. The summed E-state index contributed by atoms with van der Waals surface area (Å²) in [6, 6.07) is 8.01. The van der Waals surface area contributed by atoms with Gasteiger partial charge in [0.05, 0.1) is 10.0 Å². The Bertz CT molecular complexity index is 660. The van der Waals surface area contributed by atoms with Gasteiger partial charge in [-0.05, 0) is 47.5 Å². The smallest absolute Gasteiger partial charge is 0.173 e. The van der Waals surface area contributed by atoms with Crippen LogP contribution < -0.4 is 0 Å². The Hall–Kier alpha value is -1.55. The van der Waals surface area contributed by atoms with Crippen LogP contribution in [0.15, 0.2) is 34.8 Å². The van der Waals surface area contributed by atoms with Crippen molar-refractivity contribution in [2.45, 2.75) is 20.3 Å². The lowest BCUT2D eigenvalue weighted by atomic mass is 9.99. The molecule has 0 bridgehead atoms. The van der Waals surface area contributed by atoms with Gasteiger partial charge in [-0.2, -0.15) is 0 Å². The maximum atomic E-state index is 13.9. The number of rotatable bonds is 3. The Labute approximate surface area is 124 Å². The molecule has 2 aromatic carbocycles. The van der Waals surface area contributed by atoms with Gasteiger partial charge in [-0.1, -0.05) is 29.3 Å². The first kappa shape index (κ1) is 14.9. The minimum atomic E-state index is -0.848. The lowest BCUT2D eigenvalue weighted by Gasteiger charge is -2.07. The molecule has 0 aromatic heterocycles. The molecule has 0 atom stereocenters. The van der Waals surface area contributed by atoms with Gasteiger partial charge in [0, 0.05) is 6.42 Å². The molecule has 20 heavy (non-hydrogen) atoms. The SMILES string of the molecule is Cc1cc(C)cc(CC(=O)c2c(F)ccc(Br)c2F)c1. The van der Waals surface area contributed by atoms with Gasteiger partial charge in [-0.15, -0.1) is 0 Å². The summed E-state index contributed by atoms with van der Waals surface area (Å²) in [7, 11) is 0. The standard InChI is InChI=1S/C16H13BrF2O/c1-9-5-10(2)7-11(6-9)8-14(20)15-13(18)4-3-12(17)16(15)19/h3-7H,8H2,1-2H3. The molecule has 4 heteroatoms. The lowest BCUT2D eigenvalue weighted by molar-refractivity contribution is 0.0984. The minimum Gasteiger partial charge on any atom is -0.294 e. The van der Waals surface area contributed by atoms with Gasteiger partial charge < -0.3 is 0 Å². The number of aryl methyl sites for hydroxylation is 2. The van der Waals surface area contributed by atoms with E-state index in [0.29, 0.717) is 0 Å². The highest BCUT2D eigenvalue weighted by Gasteiger charge is 2.19. The van der Waals surface area contributed by atoms with E-state index in [1.54, 1.807) is 0 Å². The predicted octanol–water partition coefficient (Wildman–Crippen LogP) is 4.77. The molecule has 0 saturated heterocycles. The highest BCUT2D eigenvalue weighted by molar-refractivity contribution is 9.10. The van der Waals surface area contributed by atoms with Crippen LogP contribution in [0.5, 0.6) is 0 Å². The van der Waals surface area contributed by atoms with Gasteiger partial charge in [0.1, 0.15) is 5.82 Å². The van der Waals surface area contributed by atoms with Crippen molar-refractivity contribution in [3.8, 4) is 0 Å². The molecule has 0 aliphatic rings. The highest BCUT2D eigenvalue weighted by Crippen LogP contribution is 2.23. The third-order valence-corrected chi connectivity index (χ3v) is 3.58. The molecule has 0 aliphatic carbocycles. The van der Waals surface area contributed by atoms with Gasteiger partial charge in [0.25, 0.3) is 0 Å². The highest BCUT2D eigenvalue weighted by atomic mass is 79.9. The molecule has 0 saturated carbocycles. The zero-order chi connectivity index (χ0) is 14.9.